The number of nitro groups is 1. The number of nitro benzene ring substituents is 1. The van der Waals surface area contributed by atoms with E-state index in [2.05, 4.69) is 5.32 Å². The van der Waals surface area contributed by atoms with E-state index in [1.807, 2.05) is 24.3 Å². The highest BCUT2D eigenvalue weighted by Gasteiger charge is 2.40. The zero-order valence-corrected chi connectivity index (χ0v) is 18.2. The van der Waals surface area contributed by atoms with Crippen molar-refractivity contribution in [2.24, 2.45) is 0 Å². The van der Waals surface area contributed by atoms with Crippen LogP contribution in [0, 0.1) is 17.0 Å². The van der Waals surface area contributed by atoms with Crippen LogP contribution in [0.1, 0.15) is 16.7 Å². The minimum atomic E-state index is -3.90. The van der Waals surface area contributed by atoms with E-state index < -0.39 is 26.9 Å². The zero-order chi connectivity index (χ0) is 22.2. The highest BCUT2D eigenvalue weighted by atomic mass is 32.2. The van der Waals surface area contributed by atoms with Crippen molar-refractivity contribution in [3.05, 3.63) is 86.8 Å². The number of anilines is 1. The van der Waals surface area contributed by atoms with E-state index in [4.69, 9.17) is 0 Å². The van der Waals surface area contributed by atoms with Gasteiger partial charge in [0.15, 0.2) is 0 Å². The molecule has 0 aliphatic carbocycles. The fourth-order valence-electron chi connectivity index (χ4n) is 3.67. The number of thiophene rings is 1. The first-order valence-corrected chi connectivity index (χ1v) is 11.8. The predicted molar refractivity (Wildman–Crippen MR) is 117 cm³/mol. The summed E-state index contributed by atoms with van der Waals surface area (Å²) in [5.74, 6) is -0.529. The number of carbonyl (C=O) groups excluding carboxylic acids is 1. The molecule has 0 spiro atoms. The Labute approximate surface area is 183 Å². The molecule has 1 amide bonds. The van der Waals surface area contributed by atoms with Crippen LogP contribution in [-0.2, 0) is 27.8 Å². The van der Waals surface area contributed by atoms with Gasteiger partial charge in [0.2, 0.25) is 5.91 Å². The van der Waals surface area contributed by atoms with Crippen molar-refractivity contribution >= 4 is 38.6 Å². The second-order valence-electron chi connectivity index (χ2n) is 7.17. The second-order valence-corrected chi connectivity index (χ2v) is 10.2. The number of nitrogens with zero attached hydrogens (tertiary/aromatic N) is 2. The lowest BCUT2D eigenvalue weighted by Gasteiger charge is -2.34. The number of nitrogens with one attached hydrogen (secondary N) is 1. The van der Waals surface area contributed by atoms with Gasteiger partial charge in [0.05, 0.1) is 16.2 Å². The van der Waals surface area contributed by atoms with Crippen LogP contribution in [0.25, 0.3) is 0 Å². The fourth-order valence-corrected chi connectivity index (χ4v) is 6.36. The van der Waals surface area contributed by atoms with Crippen LogP contribution in [0.15, 0.2) is 64.2 Å². The van der Waals surface area contributed by atoms with Crippen molar-refractivity contribution in [1.29, 1.82) is 0 Å². The van der Waals surface area contributed by atoms with Crippen molar-refractivity contribution in [1.82, 2.24) is 4.31 Å². The Bertz CT molecular complexity index is 1260. The molecule has 1 N–H and O–H groups in total. The smallest absolute Gasteiger partial charge is 0.274 e. The summed E-state index contributed by atoms with van der Waals surface area (Å²) < 4.78 is 28.0. The molecule has 8 nitrogen and oxygen atoms in total. The lowest BCUT2D eigenvalue weighted by atomic mass is 9.95. The molecule has 0 saturated heterocycles. The third-order valence-corrected chi connectivity index (χ3v) is 8.55. The van der Waals surface area contributed by atoms with Crippen LogP contribution in [-0.4, -0.2) is 29.6 Å². The molecule has 31 heavy (non-hydrogen) atoms. The maximum Gasteiger partial charge on any atom is 0.274 e. The van der Waals surface area contributed by atoms with Gasteiger partial charge in [0.1, 0.15) is 10.3 Å². The van der Waals surface area contributed by atoms with Crippen molar-refractivity contribution < 1.29 is 18.1 Å². The van der Waals surface area contributed by atoms with Gasteiger partial charge >= 0.3 is 0 Å². The van der Waals surface area contributed by atoms with Crippen molar-refractivity contribution in [3.63, 3.8) is 0 Å². The normalized spacial score (nSPS) is 16.5. The SMILES string of the molecule is Cc1c(NC(=O)[C@@H]2Cc3ccccc3CN2S(=O)(=O)c2cccs2)cccc1[N+](=O)[O-]. The van der Waals surface area contributed by atoms with Crippen molar-refractivity contribution in [3.8, 4) is 0 Å². The third-order valence-electron chi connectivity index (χ3n) is 5.33. The predicted octanol–water partition coefficient (Wildman–Crippen LogP) is 3.72. The molecule has 0 radical (unpaired) electrons. The molecule has 1 aliphatic rings. The van der Waals surface area contributed by atoms with E-state index in [0.717, 1.165) is 22.5 Å². The fraction of sp³-hybridized carbons (Fsp3) is 0.190. The van der Waals surface area contributed by atoms with E-state index in [1.54, 1.807) is 24.4 Å². The van der Waals surface area contributed by atoms with Crippen LogP contribution in [0.2, 0.25) is 0 Å². The Morgan fingerprint density at radius 1 is 1.13 bits per heavy atom. The summed E-state index contributed by atoms with van der Waals surface area (Å²) in [6.45, 7) is 1.62. The molecule has 0 fully saturated rings. The van der Waals surface area contributed by atoms with Gasteiger partial charge in [-0.15, -0.1) is 11.3 Å². The van der Waals surface area contributed by atoms with Gasteiger partial charge < -0.3 is 5.32 Å². The van der Waals surface area contributed by atoms with E-state index >= 15 is 0 Å². The number of carbonyl (C=O) groups is 1. The van der Waals surface area contributed by atoms with Crippen LogP contribution in [0.4, 0.5) is 11.4 Å². The summed E-state index contributed by atoms with van der Waals surface area (Å²) in [5.41, 5.74) is 2.22. The summed E-state index contributed by atoms with van der Waals surface area (Å²) in [4.78, 5) is 24.0. The molecule has 1 atom stereocenters. The Morgan fingerprint density at radius 3 is 2.55 bits per heavy atom. The van der Waals surface area contributed by atoms with Crippen LogP contribution in [0.3, 0.4) is 0 Å². The molecular formula is C21H19N3O5S2. The largest absolute Gasteiger partial charge is 0.324 e. The minimum Gasteiger partial charge on any atom is -0.324 e. The van der Waals surface area contributed by atoms with Gasteiger partial charge in [-0.05, 0) is 42.0 Å². The van der Waals surface area contributed by atoms with Crippen LogP contribution >= 0.6 is 11.3 Å². The van der Waals surface area contributed by atoms with Crippen LogP contribution in [0.5, 0.6) is 0 Å². The minimum absolute atomic E-state index is 0.0718. The van der Waals surface area contributed by atoms with Gasteiger partial charge in [0, 0.05) is 12.6 Å². The highest BCUT2D eigenvalue weighted by molar-refractivity contribution is 7.91. The van der Waals surface area contributed by atoms with Crippen molar-refractivity contribution in [2.45, 2.75) is 30.1 Å². The highest BCUT2D eigenvalue weighted by Crippen LogP contribution is 2.32. The lowest BCUT2D eigenvalue weighted by molar-refractivity contribution is -0.385. The average Bonchev–Trinajstić information content (AvgIpc) is 3.30. The third kappa shape index (κ3) is 3.97. The second kappa shape index (κ2) is 8.22. The molecule has 1 aromatic heterocycles. The maximum absolute atomic E-state index is 13.3. The molecule has 10 heteroatoms. The Hall–Kier alpha value is -3.08. The number of amides is 1. The van der Waals surface area contributed by atoms with Gasteiger partial charge in [0.25, 0.3) is 15.7 Å². The molecule has 0 bridgehead atoms. The molecule has 4 rings (SSSR count). The number of benzene rings is 2. The summed E-state index contributed by atoms with van der Waals surface area (Å²) in [6, 6.07) is 14.0. The molecular weight excluding hydrogens is 438 g/mol. The topological polar surface area (TPSA) is 110 Å². The number of fused-ring (bicyclic) bond motifs is 1. The number of sulfonamides is 1. The van der Waals surface area contributed by atoms with E-state index in [9.17, 15) is 23.3 Å². The Morgan fingerprint density at radius 2 is 1.87 bits per heavy atom. The maximum atomic E-state index is 13.3. The van der Waals surface area contributed by atoms with Gasteiger partial charge in [-0.2, -0.15) is 4.31 Å². The monoisotopic (exact) mass is 457 g/mol. The first kappa shape index (κ1) is 21.2. The molecule has 160 valence electrons. The van der Waals surface area contributed by atoms with Gasteiger partial charge in [-0.1, -0.05) is 36.4 Å². The van der Waals surface area contributed by atoms with E-state index in [0.29, 0.717) is 5.56 Å². The zero-order valence-electron chi connectivity index (χ0n) is 16.5. The Balaban J connectivity index is 1.71. The Kier molecular flexibility index (Phi) is 5.61. The summed E-state index contributed by atoms with van der Waals surface area (Å²) in [7, 11) is -3.90. The molecule has 1 aliphatic heterocycles. The first-order valence-electron chi connectivity index (χ1n) is 9.46. The first-order chi connectivity index (χ1) is 14.8. The van der Waals surface area contributed by atoms with Gasteiger partial charge in [-0.3, -0.25) is 14.9 Å². The summed E-state index contributed by atoms with van der Waals surface area (Å²) in [5, 5.41) is 15.6. The van der Waals surface area contributed by atoms with Crippen LogP contribution < -0.4 is 5.32 Å². The standard InChI is InChI=1S/C21H19N3O5S2/c1-14-17(8-4-9-18(14)24(26)27)22-21(25)19-12-15-6-2-3-7-16(15)13-23(19)31(28,29)20-10-5-11-30-20/h2-11,19H,12-13H2,1H3,(H,22,25)/t19-/m0/s1. The van der Waals surface area contributed by atoms with E-state index in [1.165, 1.54) is 22.5 Å². The van der Waals surface area contributed by atoms with Crippen molar-refractivity contribution in [2.75, 3.05) is 5.32 Å². The molecule has 0 saturated carbocycles. The molecule has 3 aromatic rings. The van der Waals surface area contributed by atoms with E-state index in [-0.39, 0.29) is 28.5 Å². The summed E-state index contributed by atoms with van der Waals surface area (Å²) in [6.07, 6.45) is 0.209. The molecule has 2 aromatic carbocycles. The molecule has 0 unspecified atom stereocenters. The summed E-state index contributed by atoms with van der Waals surface area (Å²) >= 11 is 1.09. The average molecular weight is 458 g/mol. The quantitative estimate of drug-likeness (QED) is 0.464. The molecule has 2 heterocycles. The lowest BCUT2D eigenvalue weighted by Crippen LogP contribution is -2.50. The number of rotatable bonds is 5. The van der Waals surface area contributed by atoms with Gasteiger partial charge in [-0.25, -0.2) is 8.42 Å². The number of hydrogen-bond acceptors (Lipinski definition) is 6. The number of hydrogen-bond donors (Lipinski definition) is 1.